The second-order valence-corrected chi connectivity index (χ2v) is 4.11. The molecule has 3 N–H and O–H groups in total. The van der Waals surface area contributed by atoms with Gasteiger partial charge < -0.3 is 15.6 Å². The van der Waals surface area contributed by atoms with Crippen molar-refractivity contribution in [2.24, 2.45) is 11.7 Å². The highest BCUT2D eigenvalue weighted by molar-refractivity contribution is 5.85. The summed E-state index contributed by atoms with van der Waals surface area (Å²) in [6.07, 6.45) is 3.55. The largest absolute Gasteiger partial charge is 0.507 e. The first kappa shape index (κ1) is 13.1. The molecule has 0 radical (unpaired) electrons. The summed E-state index contributed by atoms with van der Waals surface area (Å²) in [5.74, 6) is 1.43. The van der Waals surface area contributed by atoms with E-state index in [9.17, 15) is 5.11 Å². The lowest BCUT2D eigenvalue weighted by Crippen LogP contribution is -2.27. The van der Waals surface area contributed by atoms with Gasteiger partial charge in [0.15, 0.2) is 0 Å². The lowest BCUT2D eigenvalue weighted by molar-refractivity contribution is 0.255. The molecule has 1 aliphatic carbocycles. The Morgan fingerprint density at radius 3 is 2.62 bits per heavy atom. The number of ether oxygens (including phenoxy) is 1. The van der Waals surface area contributed by atoms with Gasteiger partial charge in [-0.2, -0.15) is 0 Å². The van der Waals surface area contributed by atoms with Crippen LogP contribution >= 0.6 is 12.4 Å². The third-order valence-electron chi connectivity index (χ3n) is 3.25. The SMILES string of the molecule is COc1cccc(O)c1[C@@H](N)C1CCC1.Cl. The van der Waals surface area contributed by atoms with Crippen molar-refractivity contribution in [1.82, 2.24) is 0 Å². The van der Waals surface area contributed by atoms with Crippen molar-refractivity contribution in [3.05, 3.63) is 23.8 Å². The smallest absolute Gasteiger partial charge is 0.127 e. The molecule has 0 saturated heterocycles. The summed E-state index contributed by atoms with van der Waals surface area (Å²) in [4.78, 5) is 0. The average molecular weight is 244 g/mol. The summed E-state index contributed by atoms with van der Waals surface area (Å²) in [5, 5.41) is 9.80. The third kappa shape index (κ3) is 2.25. The van der Waals surface area contributed by atoms with E-state index in [2.05, 4.69) is 0 Å². The zero-order valence-electron chi connectivity index (χ0n) is 9.35. The van der Waals surface area contributed by atoms with Gasteiger partial charge in [-0.25, -0.2) is 0 Å². The first-order chi connectivity index (χ1) is 7.24. The fourth-order valence-electron chi connectivity index (χ4n) is 2.08. The molecule has 1 atom stereocenters. The van der Waals surface area contributed by atoms with Gasteiger partial charge in [-0.05, 0) is 30.9 Å². The number of hydrogen-bond donors (Lipinski definition) is 2. The van der Waals surface area contributed by atoms with Crippen LogP contribution in [0.3, 0.4) is 0 Å². The Kier molecular flexibility index (Phi) is 4.44. The van der Waals surface area contributed by atoms with Crippen molar-refractivity contribution in [3.8, 4) is 11.5 Å². The Balaban J connectivity index is 0.00000128. The van der Waals surface area contributed by atoms with Crippen LogP contribution in [0.15, 0.2) is 18.2 Å². The second kappa shape index (κ2) is 5.41. The highest BCUT2D eigenvalue weighted by atomic mass is 35.5. The van der Waals surface area contributed by atoms with Gasteiger partial charge >= 0.3 is 0 Å². The Hall–Kier alpha value is -0.930. The summed E-state index contributed by atoms with van der Waals surface area (Å²) in [6.45, 7) is 0. The maximum atomic E-state index is 9.80. The average Bonchev–Trinajstić information content (AvgIpc) is 2.14. The van der Waals surface area contributed by atoms with Crippen molar-refractivity contribution >= 4 is 12.4 Å². The quantitative estimate of drug-likeness (QED) is 0.858. The van der Waals surface area contributed by atoms with Crippen LogP contribution in [0.5, 0.6) is 11.5 Å². The highest BCUT2D eigenvalue weighted by Crippen LogP contribution is 2.42. The molecule has 0 spiro atoms. The Morgan fingerprint density at radius 1 is 1.44 bits per heavy atom. The number of nitrogens with two attached hydrogens (primary N) is 1. The van der Waals surface area contributed by atoms with Crippen LogP contribution in [0, 0.1) is 5.92 Å². The minimum absolute atomic E-state index is 0. The van der Waals surface area contributed by atoms with Crippen molar-refractivity contribution in [1.29, 1.82) is 0 Å². The molecule has 0 heterocycles. The van der Waals surface area contributed by atoms with Crippen LogP contribution in [0.1, 0.15) is 30.9 Å². The van der Waals surface area contributed by atoms with E-state index in [0.717, 1.165) is 18.4 Å². The maximum Gasteiger partial charge on any atom is 0.127 e. The first-order valence-corrected chi connectivity index (χ1v) is 5.35. The molecule has 0 aliphatic heterocycles. The van der Waals surface area contributed by atoms with Crippen LogP contribution in [0.2, 0.25) is 0 Å². The van der Waals surface area contributed by atoms with Gasteiger partial charge in [-0.15, -0.1) is 12.4 Å². The molecule has 0 aromatic heterocycles. The molecular formula is C12H18ClNO2. The summed E-state index contributed by atoms with van der Waals surface area (Å²) in [5.41, 5.74) is 6.89. The molecule has 16 heavy (non-hydrogen) atoms. The Bertz CT molecular complexity index is 353. The molecule has 1 fully saturated rings. The lowest BCUT2D eigenvalue weighted by Gasteiger charge is -2.32. The second-order valence-electron chi connectivity index (χ2n) is 4.11. The molecule has 1 aromatic carbocycles. The fraction of sp³-hybridized carbons (Fsp3) is 0.500. The fourth-order valence-corrected chi connectivity index (χ4v) is 2.08. The summed E-state index contributed by atoms with van der Waals surface area (Å²) in [7, 11) is 1.60. The van der Waals surface area contributed by atoms with Crippen LogP contribution in [0.4, 0.5) is 0 Å². The number of hydrogen-bond acceptors (Lipinski definition) is 3. The van der Waals surface area contributed by atoms with Crippen molar-refractivity contribution in [2.75, 3.05) is 7.11 Å². The molecule has 2 rings (SSSR count). The van der Waals surface area contributed by atoms with Crippen LogP contribution < -0.4 is 10.5 Å². The van der Waals surface area contributed by atoms with Crippen molar-refractivity contribution in [3.63, 3.8) is 0 Å². The molecule has 3 nitrogen and oxygen atoms in total. The number of aromatic hydroxyl groups is 1. The summed E-state index contributed by atoms with van der Waals surface area (Å²) < 4.78 is 5.23. The molecular weight excluding hydrogens is 226 g/mol. The number of rotatable bonds is 3. The summed E-state index contributed by atoms with van der Waals surface area (Å²) in [6, 6.07) is 5.17. The van der Waals surface area contributed by atoms with Crippen LogP contribution in [-0.4, -0.2) is 12.2 Å². The van der Waals surface area contributed by atoms with E-state index < -0.39 is 0 Å². The number of phenolic OH excluding ortho intramolecular Hbond substituents is 1. The molecule has 0 bridgehead atoms. The number of methoxy groups -OCH3 is 1. The summed E-state index contributed by atoms with van der Waals surface area (Å²) >= 11 is 0. The van der Waals surface area contributed by atoms with Gasteiger partial charge in [0.1, 0.15) is 11.5 Å². The Morgan fingerprint density at radius 2 is 2.12 bits per heavy atom. The molecule has 90 valence electrons. The van der Waals surface area contributed by atoms with Gasteiger partial charge in [0.05, 0.1) is 12.7 Å². The van der Waals surface area contributed by atoms with Crippen molar-refractivity contribution in [2.45, 2.75) is 25.3 Å². The van der Waals surface area contributed by atoms with Crippen LogP contribution in [0.25, 0.3) is 0 Å². The molecule has 1 saturated carbocycles. The van der Waals surface area contributed by atoms with Gasteiger partial charge in [0.25, 0.3) is 0 Å². The normalized spacial score (nSPS) is 17.1. The van der Waals surface area contributed by atoms with E-state index in [4.69, 9.17) is 10.5 Å². The molecule has 0 amide bonds. The molecule has 4 heteroatoms. The minimum atomic E-state index is -0.102. The third-order valence-corrected chi connectivity index (χ3v) is 3.25. The predicted molar refractivity (Wildman–Crippen MR) is 66.2 cm³/mol. The topological polar surface area (TPSA) is 55.5 Å². The standard InChI is InChI=1S/C12H17NO2.ClH/c1-15-10-7-3-6-9(14)11(10)12(13)8-4-2-5-8;/h3,6-8,12,14H,2,4-5,13H2,1H3;1H/t12-;/m0./s1. The van der Waals surface area contributed by atoms with Gasteiger partial charge in [-0.3, -0.25) is 0 Å². The van der Waals surface area contributed by atoms with E-state index in [1.165, 1.54) is 6.42 Å². The zero-order valence-corrected chi connectivity index (χ0v) is 10.2. The van der Waals surface area contributed by atoms with Gasteiger partial charge in [0.2, 0.25) is 0 Å². The molecule has 0 unspecified atom stereocenters. The van der Waals surface area contributed by atoms with E-state index >= 15 is 0 Å². The van der Waals surface area contributed by atoms with Crippen molar-refractivity contribution < 1.29 is 9.84 Å². The van der Waals surface area contributed by atoms with E-state index in [-0.39, 0.29) is 24.2 Å². The van der Waals surface area contributed by atoms with Gasteiger partial charge in [0, 0.05) is 6.04 Å². The molecule has 1 aromatic rings. The van der Waals surface area contributed by atoms with E-state index in [1.807, 2.05) is 6.07 Å². The van der Waals surface area contributed by atoms with E-state index in [0.29, 0.717) is 11.7 Å². The Labute approximate surface area is 102 Å². The zero-order chi connectivity index (χ0) is 10.8. The van der Waals surface area contributed by atoms with E-state index in [1.54, 1.807) is 19.2 Å². The lowest BCUT2D eigenvalue weighted by atomic mass is 9.77. The number of benzene rings is 1. The monoisotopic (exact) mass is 243 g/mol. The predicted octanol–water partition coefficient (Wildman–Crippen LogP) is 2.62. The van der Waals surface area contributed by atoms with Crippen LogP contribution in [-0.2, 0) is 0 Å². The number of phenols is 1. The highest BCUT2D eigenvalue weighted by Gasteiger charge is 2.29. The maximum absolute atomic E-state index is 9.80. The first-order valence-electron chi connectivity index (χ1n) is 5.35. The van der Waals surface area contributed by atoms with Gasteiger partial charge in [-0.1, -0.05) is 12.5 Å². The molecule has 1 aliphatic rings. The minimum Gasteiger partial charge on any atom is -0.507 e. The number of halogens is 1.